The Morgan fingerprint density at radius 1 is 1.44 bits per heavy atom. The summed E-state index contributed by atoms with van der Waals surface area (Å²) >= 11 is 0. The van der Waals surface area contributed by atoms with Crippen LogP contribution in [0.25, 0.3) is 10.9 Å². The van der Waals surface area contributed by atoms with E-state index in [-0.39, 0.29) is 22.3 Å². The summed E-state index contributed by atoms with van der Waals surface area (Å²) in [5.74, 6) is -2.81. The van der Waals surface area contributed by atoms with Gasteiger partial charge in [-0.25, -0.2) is 13.8 Å². The number of nitrogens with zero attached hydrogens (tertiary/aromatic N) is 1. The summed E-state index contributed by atoms with van der Waals surface area (Å²) in [6, 6.07) is 3.73. The first-order valence-electron chi connectivity index (χ1n) is 5.47. The molecule has 18 heavy (non-hydrogen) atoms. The number of hydrogen-bond donors (Lipinski definition) is 2. The molecule has 3 N–H and O–H groups in total. The second kappa shape index (κ2) is 4.13. The van der Waals surface area contributed by atoms with Gasteiger partial charge in [0.25, 0.3) is 11.5 Å². The smallest absolute Gasteiger partial charge is 0.271 e. The molecule has 0 bridgehead atoms. The van der Waals surface area contributed by atoms with Crippen LogP contribution in [-0.2, 0) is 5.92 Å². The molecule has 1 aromatic carbocycles. The van der Waals surface area contributed by atoms with Crippen LogP contribution in [0.4, 0.5) is 8.78 Å². The van der Waals surface area contributed by atoms with Gasteiger partial charge in [-0.05, 0) is 13.0 Å². The minimum Gasteiger partial charge on any atom is -0.322 e. The lowest BCUT2D eigenvalue weighted by Gasteiger charge is -2.13. The molecule has 0 saturated carbocycles. The van der Waals surface area contributed by atoms with Crippen LogP contribution >= 0.6 is 0 Å². The standard InChI is InChI=1S/C12H13F2N3O/c1-6(15)10-16-8-5-3-4-7(12(2,13)14)9(8)11(18)17-10/h3-6H,15H2,1-2H3,(H,16,17,18). The number of nitrogens with one attached hydrogen (secondary N) is 1. The van der Waals surface area contributed by atoms with Crippen LogP contribution in [0.15, 0.2) is 23.0 Å². The molecule has 1 atom stereocenters. The highest BCUT2D eigenvalue weighted by Gasteiger charge is 2.28. The number of fused-ring (bicyclic) bond motifs is 1. The van der Waals surface area contributed by atoms with Crippen molar-refractivity contribution in [2.45, 2.75) is 25.8 Å². The molecule has 2 rings (SSSR count). The van der Waals surface area contributed by atoms with Crippen molar-refractivity contribution in [3.05, 3.63) is 39.9 Å². The Labute approximate surface area is 102 Å². The molecule has 0 amide bonds. The van der Waals surface area contributed by atoms with Crippen LogP contribution in [0, 0.1) is 0 Å². The molecule has 0 aliphatic heterocycles. The molecule has 2 aromatic rings. The monoisotopic (exact) mass is 253 g/mol. The number of halogens is 2. The molecule has 96 valence electrons. The summed E-state index contributed by atoms with van der Waals surface area (Å²) in [5, 5.41) is -0.0885. The Kier molecular flexibility index (Phi) is 2.90. The average Bonchev–Trinajstić information content (AvgIpc) is 2.26. The second-order valence-corrected chi connectivity index (χ2v) is 4.33. The number of benzene rings is 1. The Morgan fingerprint density at radius 2 is 2.11 bits per heavy atom. The lowest BCUT2D eigenvalue weighted by atomic mass is 10.0. The normalized spacial score (nSPS) is 13.8. The third-order valence-electron chi connectivity index (χ3n) is 2.66. The summed E-state index contributed by atoms with van der Waals surface area (Å²) in [7, 11) is 0. The Balaban J connectivity index is 2.84. The fourth-order valence-electron chi connectivity index (χ4n) is 1.79. The number of alkyl halides is 2. The Hall–Kier alpha value is -1.82. The fourth-order valence-corrected chi connectivity index (χ4v) is 1.79. The molecule has 0 spiro atoms. The van der Waals surface area contributed by atoms with Crippen molar-refractivity contribution in [2.24, 2.45) is 5.73 Å². The maximum absolute atomic E-state index is 13.4. The van der Waals surface area contributed by atoms with Gasteiger partial charge in [0.1, 0.15) is 5.82 Å². The molecule has 0 radical (unpaired) electrons. The van der Waals surface area contributed by atoms with Crippen LogP contribution in [-0.4, -0.2) is 9.97 Å². The molecule has 1 aromatic heterocycles. The highest BCUT2D eigenvalue weighted by atomic mass is 19.3. The van der Waals surface area contributed by atoms with Crippen molar-refractivity contribution in [1.82, 2.24) is 9.97 Å². The van der Waals surface area contributed by atoms with E-state index < -0.39 is 17.5 Å². The van der Waals surface area contributed by atoms with Crippen LogP contribution in [0.5, 0.6) is 0 Å². The van der Waals surface area contributed by atoms with Gasteiger partial charge in [0.05, 0.1) is 16.9 Å². The van der Waals surface area contributed by atoms with Crippen LogP contribution in [0.3, 0.4) is 0 Å². The first-order valence-corrected chi connectivity index (χ1v) is 5.47. The van der Waals surface area contributed by atoms with Gasteiger partial charge in [0.15, 0.2) is 0 Å². The lowest BCUT2D eigenvalue weighted by Crippen LogP contribution is -2.20. The molecular weight excluding hydrogens is 240 g/mol. The van der Waals surface area contributed by atoms with Gasteiger partial charge in [-0.3, -0.25) is 4.79 Å². The number of H-pyrrole nitrogens is 1. The summed E-state index contributed by atoms with van der Waals surface area (Å²) in [6.45, 7) is 2.41. The number of aromatic nitrogens is 2. The lowest BCUT2D eigenvalue weighted by molar-refractivity contribution is 0.0190. The van der Waals surface area contributed by atoms with Crippen LogP contribution in [0.1, 0.15) is 31.3 Å². The number of nitrogens with two attached hydrogens (primary N) is 1. The SMILES string of the molecule is CC(N)c1nc2cccc(C(C)(F)F)c2c(=O)[nH]1. The summed E-state index contributed by atoms with van der Waals surface area (Å²) in [6.07, 6.45) is 0. The van der Waals surface area contributed by atoms with E-state index in [4.69, 9.17) is 5.73 Å². The third kappa shape index (κ3) is 2.11. The van der Waals surface area contributed by atoms with E-state index in [9.17, 15) is 13.6 Å². The van der Waals surface area contributed by atoms with E-state index in [1.807, 2.05) is 0 Å². The van der Waals surface area contributed by atoms with E-state index >= 15 is 0 Å². The van der Waals surface area contributed by atoms with Gasteiger partial charge in [0, 0.05) is 12.5 Å². The minimum absolute atomic E-state index is 0.0885. The van der Waals surface area contributed by atoms with Crippen LogP contribution in [0.2, 0.25) is 0 Å². The van der Waals surface area contributed by atoms with Gasteiger partial charge in [-0.15, -0.1) is 0 Å². The highest BCUT2D eigenvalue weighted by Crippen LogP contribution is 2.30. The highest BCUT2D eigenvalue weighted by molar-refractivity contribution is 5.81. The molecule has 0 fully saturated rings. The predicted octanol–water partition coefficient (Wildman–Crippen LogP) is 2.05. The average molecular weight is 253 g/mol. The van der Waals surface area contributed by atoms with E-state index in [1.54, 1.807) is 6.92 Å². The predicted molar refractivity (Wildman–Crippen MR) is 64.5 cm³/mol. The quantitative estimate of drug-likeness (QED) is 0.860. The van der Waals surface area contributed by atoms with Crippen LogP contribution < -0.4 is 11.3 Å². The van der Waals surface area contributed by atoms with E-state index in [0.29, 0.717) is 0 Å². The zero-order valence-corrected chi connectivity index (χ0v) is 10.00. The van der Waals surface area contributed by atoms with Crippen molar-refractivity contribution in [3.63, 3.8) is 0 Å². The Bertz CT molecular complexity index is 644. The molecule has 1 unspecified atom stereocenters. The zero-order chi connectivity index (χ0) is 13.5. The van der Waals surface area contributed by atoms with Crippen molar-refractivity contribution in [2.75, 3.05) is 0 Å². The fraction of sp³-hybridized carbons (Fsp3) is 0.333. The Morgan fingerprint density at radius 3 is 2.67 bits per heavy atom. The largest absolute Gasteiger partial charge is 0.322 e. The van der Waals surface area contributed by atoms with Gasteiger partial charge >= 0.3 is 0 Å². The number of hydrogen-bond acceptors (Lipinski definition) is 3. The first-order chi connectivity index (χ1) is 8.30. The second-order valence-electron chi connectivity index (χ2n) is 4.33. The zero-order valence-electron chi connectivity index (χ0n) is 10.00. The molecule has 1 heterocycles. The maximum Gasteiger partial charge on any atom is 0.271 e. The van der Waals surface area contributed by atoms with Crippen molar-refractivity contribution in [1.29, 1.82) is 0 Å². The van der Waals surface area contributed by atoms with Gasteiger partial charge in [0.2, 0.25) is 0 Å². The van der Waals surface area contributed by atoms with Gasteiger partial charge in [-0.2, -0.15) is 0 Å². The van der Waals surface area contributed by atoms with E-state index in [1.165, 1.54) is 18.2 Å². The number of rotatable bonds is 2. The molecule has 0 aliphatic carbocycles. The maximum atomic E-state index is 13.4. The van der Waals surface area contributed by atoms with Crippen molar-refractivity contribution in [3.8, 4) is 0 Å². The summed E-state index contributed by atoms with van der Waals surface area (Å²) < 4.78 is 26.8. The summed E-state index contributed by atoms with van der Waals surface area (Å²) in [5.41, 5.74) is 4.92. The number of aromatic amines is 1. The van der Waals surface area contributed by atoms with Crippen molar-refractivity contribution >= 4 is 10.9 Å². The molecular formula is C12H13F2N3O. The molecule has 0 aliphatic rings. The first kappa shape index (κ1) is 12.6. The third-order valence-corrected chi connectivity index (χ3v) is 2.66. The molecule has 0 saturated heterocycles. The molecule has 4 nitrogen and oxygen atoms in total. The summed E-state index contributed by atoms with van der Waals surface area (Å²) in [4.78, 5) is 18.4. The van der Waals surface area contributed by atoms with Crippen molar-refractivity contribution < 1.29 is 8.78 Å². The van der Waals surface area contributed by atoms with E-state index in [2.05, 4.69) is 9.97 Å². The molecule has 6 heteroatoms. The minimum atomic E-state index is -3.09. The van der Waals surface area contributed by atoms with Gasteiger partial charge in [-0.1, -0.05) is 12.1 Å². The van der Waals surface area contributed by atoms with Gasteiger partial charge < -0.3 is 10.7 Å². The topological polar surface area (TPSA) is 71.8 Å². The van der Waals surface area contributed by atoms with E-state index in [0.717, 1.165) is 6.92 Å².